The summed E-state index contributed by atoms with van der Waals surface area (Å²) in [5.41, 5.74) is 0. The first-order valence-electron chi connectivity index (χ1n) is 4.29. The van der Waals surface area contributed by atoms with E-state index in [2.05, 4.69) is 0 Å². The van der Waals surface area contributed by atoms with Crippen molar-refractivity contribution < 1.29 is 25.2 Å². The summed E-state index contributed by atoms with van der Waals surface area (Å²) in [6.07, 6.45) is -2.02. The molecule has 0 fully saturated rings. The highest BCUT2D eigenvalue weighted by atomic mass is 16.5. The molecule has 0 spiro atoms. The topological polar surface area (TPSA) is 90.2 Å². The van der Waals surface area contributed by atoms with Gasteiger partial charge in [-0.3, -0.25) is 0 Å². The van der Waals surface area contributed by atoms with E-state index in [4.69, 9.17) is 14.9 Å². The second kappa shape index (κ2) is 7.23. The number of rotatable bonds is 7. The molecule has 0 amide bonds. The van der Waals surface area contributed by atoms with Crippen molar-refractivity contribution >= 4 is 0 Å². The molecule has 0 aromatic rings. The second-order valence-electron chi connectivity index (χ2n) is 3.02. The fraction of sp³-hybridized carbons (Fsp3) is 1.00. The molecule has 0 aromatic carbocycles. The van der Waals surface area contributed by atoms with E-state index < -0.39 is 12.2 Å². The van der Waals surface area contributed by atoms with Gasteiger partial charge >= 0.3 is 0 Å². The van der Waals surface area contributed by atoms with Gasteiger partial charge in [0.1, 0.15) is 6.10 Å². The minimum atomic E-state index is -1.02. The van der Waals surface area contributed by atoms with Gasteiger partial charge in [0.15, 0.2) is 0 Å². The van der Waals surface area contributed by atoms with Gasteiger partial charge in [-0.25, -0.2) is 0 Å². The van der Waals surface area contributed by atoms with Crippen LogP contribution in [0.15, 0.2) is 0 Å². The lowest BCUT2D eigenvalue weighted by atomic mass is 10.0. The van der Waals surface area contributed by atoms with Gasteiger partial charge in [-0.15, -0.1) is 0 Å². The molecule has 3 unspecified atom stereocenters. The molecular weight excluding hydrogens is 176 g/mol. The minimum absolute atomic E-state index is 0.0356. The fourth-order valence-corrected chi connectivity index (χ4v) is 0.854. The average Bonchev–Trinajstić information content (AvgIpc) is 2.15. The minimum Gasteiger partial charge on any atom is -0.396 e. The van der Waals surface area contributed by atoms with Crippen LogP contribution in [0.5, 0.6) is 0 Å². The number of hydrogen-bond donors (Lipinski definition) is 4. The fourth-order valence-electron chi connectivity index (χ4n) is 0.854. The van der Waals surface area contributed by atoms with Gasteiger partial charge in [0, 0.05) is 12.5 Å². The van der Waals surface area contributed by atoms with E-state index in [0.717, 1.165) is 0 Å². The van der Waals surface area contributed by atoms with Crippen LogP contribution in [0.25, 0.3) is 0 Å². The first kappa shape index (κ1) is 12.8. The molecule has 5 heteroatoms. The first-order valence-corrected chi connectivity index (χ1v) is 4.29. The number of ether oxygens (including phenoxy) is 1. The monoisotopic (exact) mass is 194 g/mol. The van der Waals surface area contributed by atoms with E-state index in [9.17, 15) is 10.2 Å². The Balaban J connectivity index is 3.62. The molecule has 0 rings (SSSR count). The van der Waals surface area contributed by atoms with Crippen molar-refractivity contribution in [3.05, 3.63) is 0 Å². The Morgan fingerprint density at radius 1 is 1.23 bits per heavy atom. The molecule has 0 radical (unpaired) electrons. The van der Waals surface area contributed by atoms with Crippen LogP contribution >= 0.6 is 0 Å². The van der Waals surface area contributed by atoms with Crippen LogP contribution in [0.2, 0.25) is 0 Å². The lowest BCUT2D eigenvalue weighted by Gasteiger charge is -2.21. The SMILES string of the molecule is CC(CO)C(O)C(O)COCCO. The van der Waals surface area contributed by atoms with Crippen LogP contribution in [0.3, 0.4) is 0 Å². The number of aliphatic hydroxyl groups is 4. The number of aliphatic hydroxyl groups excluding tert-OH is 4. The third-order valence-electron chi connectivity index (χ3n) is 1.79. The smallest absolute Gasteiger partial charge is 0.103 e. The van der Waals surface area contributed by atoms with Gasteiger partial charge in [-0.1, -0.05) is 6.92 Å². The van der Waals surface area contributed by atoms with Gasteiger partial charge in [0.25, 0.3) is 0 Å². The van der Waals surface area contributed by atoms with Gasteiger partial charge in [0.05, 0.1) is 25.9 Å². The summed E-state index contributed by atoms with van der Waals surface area (Å²) < 4.78 is 4.82. The maximum Gasteiger partial charge on any atom is 0.103 e. The number of hydrogen-bond acceptors (Lipinski definition) is 5. The molecule has 3 atom stereocenters. The summed E-state index contributed by atoms with van der Waals surface area (Å²) in [4.78, 5) is 0. The van der Waals surface area contributed by atoms with Gasteiger partial charge in [-0.2, -0.15) is 0 Å². The molecule has 0 aromatic heterocycles. The van der Waals surface area contributed by atoms with Crippen molar-refractivity contribution in [2.24, 2.45) is 5.92 Å². The summed E-state index contributed by atoms with van der Waals surface area (Å²) in [5.74, 6) is -0.382. The Kier molecular flexibility index (Phi) is 7.12. The zero-order valence-corrected chi connectivity index (χ0v) is 7.76. The zero-order chi connectivity index (χ0) is 10.3. The Morgan fingerprint density at radius 3 is 2.31 bits per heavy atom. The van der Waals surface area contributed by atoms with Gasteiger partial charge in [-0.05, 0) is 0 Å². The summed E-state index contributed by atoms with van der Waals surface area (Å²) in [5, 5.41) is 35.6. The largest absolute Gasteiger partial charge is 0.396 e. The lowest BCUT2D eigenvalue weighted by molar-refractivity contribution is -0.0692. The maximum absolute atomic E-state index is 9.33. The summed E-state index contributed by atoms with van der Waals surface area (Å²) in [7, 11) is 0. The van der Waals surface area contributed by atoms with E-state index in [1.807, 2.05) is 0 Å². The Hall–Kier alpha value is -0.200. The van der Waals surface area contributed by atoms with Crippen molar-refractivity contribution in [2.75, 3.05) is 26.4 Å². The molecule has 0 bridgehead atoms. The van der Waals surface area contributed by atoms with Crippen molar-refractivity contribution in [1.82, 2.24) is 0 Å². The summed E-state index contributed by atoms with van der Waals surface area (Å²) in [6, 6.07) is 0. The van der Waals surface area contributed by atoms with Crippen molar-refractivity contribution in [1.29, 1.82) is 0 Å². The summed E-state index contributed by atoms with van der Waals surface area (Å²) >= 11 is 0. The molecule has 0 aliphatic rings. The van der Waals surface area contributed by atoms with Gasteiger partial charge < -0.3 is 25.2 Å². The average molecular weight is 194 g/mol. The van der Waals surface area contributed by atoms with Crippen molar-refractivity contribution in [2.45, 2.75) is 19.1 Å². The normalized spacial score (nSPS) is 18.2. The molecule has 80 valence electrons. The molecule has 0 saturated heterocycles. The van der Waals surface area contributed by atoms with Crippen LogP contribution < -0.4 is 0 Å². The predicted octanol–water partition coefficient (Wildman–Crippen LogP) is -1.65. The molecule has 13 heavy (non-hydrogen) atoms. The van der Waals surface area contributed by atoms with E-state index in [0.29, 0.717) is 0 Å². The third-order valence-corrected chi connectivity index (χ3v) is 1.79. The molecule has 0 heterocycles. The Labute approximate surface area is 77.6 Å². The lowest BCUT2D eigenvalue weighted by Crippen LogP contribution is -2.37. The first-order chi connectivity index (χ1) is 6.13. The highest BCUT2D eigenvalue weighted by Gasteiger charge is 2.22. The van der Waals surface area contributed by atoms with E-state index in [1.165, 1.54) is 0 Å². The highest BCUT2D eigenvalue weighted by molar-refractivity contribution is 4.71. The van der Waals surface area contributed by atoms with Crippen LogP contribution in [0, 0.1) is 5.92 Å². The van der Waals surface area contributed by atoms with Crippen LogP contribution in [0.1, 0.15) is 6.92 Å². The van der Waals surface area contributed by atoms with E-state index in [1.54, 1.807) is 6.92 Å². The molecular formula is C8H18O5. The maximum atomic E-state index is 9.33. The quantitative estimate of drug-likeness (QED) is 0.364. The summed E-state index contributed by atoms with van der Waals surface area (Å²) in [6.45, 7) is 1.43. The molecule has 0 saturated carbocycles. The third kappa shape index (κ3) is 5.17. The Morgan fingerprint density at radius 2 is 1.85 bits per heavy atom. The Bertz CT molecular complexity index is 119. The second-order valence-corrected chi connectivity index (χ2v) is 3.02. The highest BCUT2D eigenvalue weighted by Crippen LogP contribution is 2.06. The van der Waals surface area contributed by atoms with Gasteiger partial charge in [0.2, 0.25) is 0 Å². The van der Waals surface area contributed by atoms with Crippen LogP contribution in [0.4, 0.5) is 0 Å². The van der Waals surface area contributed by atoms with Crippen LogP contribution in [-0.4, -0.2) is 59.1 Å². The molecule has 4 N–H and O–H groups in total. The molecule has 0 aliphatic carbocycles. The van der Waals surface area contributed by atoms with E-state index >= 15 is 0 Å². The van der Waals surface area contributed by atoms with Crippen molar-refractivity contribution in [3.8, 4) is 0 Å². The van der Waals surface area contributed by atoms with E-state index in [-0.39, 0.29) is 32.3 Å². The van der Waals surface area contributed by atoms with Crippen LogP contribution in [-0.2, 0) is 4.74 Å². The molecule has 5 nitrogen and oxygen atoms in total. The predicted molar refractivity (Wildman–Crippen MR) is 46.2 cm³/mol. The standard InChI is InChI=1S/C8H18O5/c1-6(4-10)8(12)7(11)5-13-3-2-9/h6-12H,2-5H2,1H3. The molecule has 0 aliphatic heterocycles. The van der Waals surface area contributed by atoms with Crippen molar-refractivity contribution in [3.63, 3.8) is 0 Å². The zero-order valence-electron chi connectivity index (χ0n) is 7.76.